The summed E-state index contributed by atoms with van der Waals surface area (Å²) >= 11 is 3.34. The Morgan fingerprint density at radius 2 is 1.95 bits per heavy atom. The predicted molar refractivity (Wildman–Crippen MR) is 84.5 cm³/mol. The summed E-state index contributed by atoms with van der Waals surface area (Å²) in [6, 6.07) is 3.20. The molecule has 0 radical (unpaired) electrons. The molecule has 1 saturated heterocycles. The summed E-state index contributed by atoms with van der Waals surface area (Å²) in [6.07, 6.45) is 0.647. The summed E-state index contributed by atoms with van der Waals surface area (Å²) in [5, 5.41) is 9.00. The molecule has 0 amide bonds. The topological polar surface area (TPSA) is 83.9 Å². The van der Waals surface area contributed by atoms with Crippen molar-refractivity contribution in [3.63, 3.8) is 0 Å². The van der Waals surface area contributed by atoms with Crippen LogP contribution in [0.1, 0.15) is 18.4 Å². The number of methoxy groups -OCH3 is 1. The lowest BCUT2D eigenvalue weighted by Gasteiger charge is -2.29. The van der Waals surface area contributed by atoms with Gasteiger partial charge in [0.15, 0.2) is 0 Å². The third-order valence-electron chi connectivity index (χ3n) is 3.87. The molecule has 0 bridgehead atoms. The maximum absolute atomic E-state index is 12.8. The van der Waals surface area contributed by atoms with Crippen LogP contribution in [0.5, 0.6) is 5.75 Å². The fourth-order valence-corrected chi connectivity index (χ4v) is 4.61. The van der Waals surface area contributed by atoms with Gasteiger partial charge in [-0.15, -0.1) is 0 Å². The molecule has 0 unspecified atom stereocenters. The minimum Gasteiger partial charge on any atom is -0.495 e. The van der Waals surface area contributed by atoms with Crippen molar-refractivity contribution in [2.75, 3.05) is 20.2 Å². The molecule has 1 aliphatic heterocycles. The monoisotopic (exact) mass is 391 g/mol. The summed E-state index contributed by atoms with van der Waals surface area (Å²) in [5.74, 6) is -1.05. The fraction of sp³-hybridized carbons (Fsp3) is 0.500. The Morgan fingerprint density at radius 3 is 2.45 bits per heavy atom. The molecule has 1 aliphatic rings. The summed E-state index contributed by atoms with van der Waals surface area (Å²) in [4.78, 5) is 11.1. The number of nitrogens with zero attached hydrogens (tertiary/aromatic N) is 1. The van der Waals surface area contributed by atoms with E-state index in [0.29, 0.717) is 23.1 Å². The van der Waals surface area contributed by atoms with Crippen LogP contribution in [0.15, 0.2) is 21.5 Å². The fourth-order valence-electron chi connectivity index (χ4n) is 2.48. The first kappa shape index (κ1) is 17.2. The number of ether oxygens (including phenoxy) is 1. The van der Waals surface area contributed by atoms with Crippen molar-refractivity contribution in [2.45, 2.75) is 24.7 Å². The van der Waals surface area contributed by atoms with E-state index >= 15 is 0 Å². The number of aryl methyl sites for hydroxylation is 1. The zero-order valence-corrected chi connectivity index (χ0v) is 14.8. The minimum atomic E-state index is -3.71. The highest BCUT2D eigenvalue weighted by atomic mass is 79.9. The number of piperidine rings is 1. The zero-order valence-electron chi connectivity index (χ0n) is 12.4. The van der Waals surface area contributed by atoms with Crippen molar-refractivity contribution < 1.29 is 23.1 Å². The van der Waals surface area contributed by atoms with Crippen molar-refractivity contribution in [1.82, 2.24) is 4.31 Å². The van der Waals surface area contributed by atoms with E-state index in [9.17, 15) is 13.2 Å². The molecule has 1 aromatic carbocycles. The van der Waals surface area contributed by atoms with Crippen LogP contribution in [0.4, 0.5) is 0 Å². The molecule has 0 aliphatic carbocycles. The van der Waals surface area contributed by atoms with Gasteiger partial charge in [0.2, 0.25) is 10.0 Å². The number of carbonyl (C=O) groups is 1. The van der Waals surface area contributed by atoms with Gasteiger partial charge < -0.3 is 9.84 Å². The van der Waals surface area contributed by atoms with Crippen LogP contribution in [-0.4, -0.2) is 44.0 Å². The molecule has 122 valence electrons. The molecule has 2 rings (SSSR count). The van der Waals surface area contributed by atoms with E-state index < -0.39 is 21.9 Å². The van der Waals surface area contributed by atoms with E-state index in [1.54, 1.807) is 6.07 Å². The number of hydrogen-bond acceptors (Lipinski definition) is 4. The number of benzene rings is 1. The number of halogens is 1. The van der Waals surface area contributed by atoms with Crippen LogP contribution < -0.4 is 4.74 Å². The minimum absolute atomic E-state index is 0.0984. The van der Waals surface area contributed by atoms with Crippen molar-refractivity contribution in [2.24, 2.45) is 5.92 Å². The van der Waals surface area contributed by atoms with Crippen LogP contribution in [0.3, 0.4) is 0 Å². The maximum atomic E-state index is 12.8. The highest BCUT2D eigenvalue weighted by Crippen LogP contribution is 2.33. The van der Waals surface area contributed by atoms with E-state index in [4.69, 9.17) is 9.84 Å². The second-order valence-corrected chi connectivity index (χ2v) is 8.03. The quantitative estimate of drug-likeness (QED) is 0.850. The summed E-state index contributed by atoms with van der Waals surface area (Å²) in [6.45, 7) is 2.25. The first-order valence-corrected chi connectivity index (χ1v) is 9.07. The third-order valence-corrected chi connectivity index (χ3v) is 6.64. The van der Waals surface area contributed by atoms with Gasteiger partial charge in [0.1, 0.15) is 10.6 Å². The van der Waals surface area contributed by atoms with Gasteiger partial charge in [0, 0.05) is 17.6 Å². The van der Waals surface area contributed by atoms with Gasteiger partial charge in [-0.05, 0) is 37.5 Å². The third kappa shape index (κ3) is 3.28. The van der Waals surface area contributed by atoms with Gasteiger partial charge in [0.25, 0.3) is 0 Å². The van der Waals surface area contributed by atoms with Gasteiger partial charge in [-0.2, -0.15) is 4.31 Å². The standard InChI is InChI=1S/C14H18BrNO5S/c1-9-7-12(21-2)13(8-11(9)15)22(19,20)16-5-3-10(4-6-16)14(17)18/h7-8,10H,3-6H2,1-2H3,(H,17,18). The molecule has 1 heterocycles. The Labute approximate surface area is 138 Å². The van der Waals surface area contributed by atoms with Crippen LogP contribution in [-0.2, 0) is 14.8 Å². The Balaban J connectivity index is 2.32. The average Bonchev–Trinajstić information content (AvgIpc) is 2.49. The van der Waals surface area contributed by atoms with Crippen molar-refractivity contribution >= 4 is 31.9 Å². The molecule has 1 N–H and O–H groups in total. The molecular weight excluding hydrogens is 374 g/mol. The lowest BCUT2D eigenvalue weighted by atomic mass is 9.99. The van der Waals surface area contributed by atoms with Crippen molar-refractivity contribution in [1.29, 1.82) is 0 Å². The lowest BCUT2D eigenvalue weighted by molar-refractivity contribution is -0.142. The maximum Gasteiger partial charge on any atom is 0.306 e. The second-order valence-electron chi connectivity index (χ2n) is 5.27. The smallest absolute Gasteiger partial charge is 0.306 e. The Bertz CT molecular complexity index is 681. The predicted octanol–water partition coefficient (Wildman–Crippen LogP) is 2.25. The van der Waals surface area contributed by atoms with Crippen LogP contribution in [0.2, 0.25) is 0 Å². The van der Waals surface area contributed by atoms with E-state index in [1.807, 2.05) is 6.92 Å². The highest BCUT2D eigenvalue weighted by molar-refractivity contribution is 9.10. The molecule has 0 spiro atoms. The van der Waals surface area contributed by atoms with E-state index in [2.05, 4.69) is 15.9 Å². The molecule has 0 atom stereocenters. The number of carboxylic acids is 1. The summed E-state index contributed by atoms with van der Waals surface area (Å²) < 4.78 is 32.8. The van der Waals surface area contributed by atoms with Gasteiger partial charge in [0.05, 0.1) is 13.0 Å². The normalized spacial score (nSPS) is 17.4. The molecule has 0 saturated carbocycles. The van der Waals surface area contributed by atoms with Crippen LogP contribution in [0, 0.1) is 12.8 Å². The van der Waals surface area contributed by atoms with Gasteiger partial charge in [-0.1, -0.05) is 15.9 Å². The largest absolute Gasteiger partial charge is 0.495 e. The van der Waals surface area contributed by atoms with E-state index in [0.717, 1.165) is 5.56 Å². The Hall–Kier alpha value is -1.12. The summed E-state index contributed by atoms with van der Waals surface area (Å²) in [7, 11) is -2.28. The van der Waals surface area contributed by atoms with Gasteiger partial charge in [-0.3, -0.25) is 4.79 Å². The number of aliphatic carboxylic acids is 1. The average molecular weight is 392 g/mol. The summed E-state index contributed by atoms with van der Waals surface area (Å²) in [5.41, 5.74) is 0.875. The number of hydrogen-bond donors (Lipinski definition) is 1. The molecule has 22 heavy (non-hydrogen) atoms. The molecule has 0 aromatic heterocycles. The van der Waals surface area contributed by atoms with Crippen molar-refractivity contribution in [3.8, 4) is 5.75 Å². The van der Waals surface area contributed by atoms with E-state index in [1.165, 1.54) is 17.5 Å². The van der Waals surface area contributed by atoms with Crippen LogP contribution >= 0.6 is 15.9 Å². The molecule has 1 aromatic rings. The molecule has 1 fully saturated rings. The number of carboxylic acid groups (broad SMARTS) is 1. The highest BCUT2D eigenvalue weighted by Gasteiger charge is 2.33. The van der Waals surface area contributed by atoms with Crippen LogP contribution in [0.25, 0.3) is 0 Å². The van der Waals surface area contributed by atoms with Crippen molar-refractivity contribution in [3.05, 3.63) is 22.2 Å². The Kier molecular flexibility index (Phi) is 5.14. The molecular formula is C14H18BrNO5S. The number of sulfonamides is 1. The number of rotatable bonds is 4. The first-order valence-electron chi connectivity index (χ1n) is 6.84. The Morgan fingerprint density at radius 1 is 1.36 bits per heavy atom. The van der Waals surface area contributed by atoms with Gasteiger partial charge in [-0.25, -0.2) is 8.42 Å². The molecule has 6 nitrogen and oxygen atoms in total. The SMILES string of the molecule is COc1cc(C)c(Br)cc1S(=O)(=O)N1CCC(C(=O)O)CC1. The first-order chi connectivity index (χ1) is 10.3. The molecule has 8 heteroatoms. The lowest BCUT2D eigenvalue weighted by Crippen LogP contribution is -2.40. The van der Waals surface area contributed by atoms with E-state index in [-0.39, 0.29) is 18.0 Å². The zero-order chi connectivity index (χ0) is 16.5. The second kappa shape index (κ2) is 6.55. The van der Waals surface area contributed by atoms with Gasteiger partial charge >= 0.3 is 5.97 Å².